The second-order valence-corrected chi connectivity index (χ2v) is 8.93. The molecule has 0 saturated carbocycles. The van der Waals surface area contributed by atoms with Crippen LogP contribution in [0.1, 0.15) is 39.4 Å². The molecule has 3 nitrogen and oxygen atoms in total. The van der Waals surface area contributed by atoms with E-state index >= 15 is 0 Å². The predicted molar refractivity (Wildman–Crippen MR) is 115 cm³/mol. The summed E-state index contributed by atoms with van der Waals surface area (Å²) in [6, 6.07) is 12.9. The monoisotopic (exact) mass is 396 g/mol. The van der Waals surface area contributed by atoms with Gasteiger partial charge in [-0.2, -0.15) is 0 Å². The summed E-state index contributed by atoms with van der Waals surface area (Å²) in [5, 5.41) is 7.48. The Morgan fingerprint density at radius 2 is 2.07 bits per heavy atom. The van der Waals surface area contributed by atoms with Gasteiger partial charge in [0.25, 0.3) is 0 Å². The molecule has 1 aromatic carbocycles. The van der Waals surface area contributed by atoms with Crippen LogP contribution in [0.3, 0.4) is 0 Å². The first-order chi connectivity index (χ1) is 13.2. The Balaban J connectivity index is 1.56. The molecule has 1 atom stereocenters. The van der Waals surface area contributed by atoms with Gasteiger partial charge in [-0.05, 0) is 59.3 Å². The molecule has 1 amide bonds. The summed E-state index contributed by atoms with van der Waals surface area (Å²) in [6.07, 6.45) is 1.93. The number of rotatable bonds is 5. The molecule has 0 saturated heterocycles. The molecule has 0 spiro atoms. The van der Waals surface area contributed by atoms with E-state index in [0.717, 1.165) is 30.6 Å². The molecular weight excluding hydrogens is 372 g/mol. The smallest absolute Gasteiger partial charge is 0.238 e. The van der Waals surface area contributed by atoms with Gasteiger partial charge in [-0.1, -0.05) is 31.2 Å². The highest BCUT2D eigenvalue weighted by molar-refractivity contribution is 7.10. The molecule has 5 heteroatoms. The van der Waals surface area contributed by atoms with Crippen molar-refractivity contribution in [1.29, 1.82) is 0 Å². The Morgan fingerprint density at radius 1 is 1.19 bits per heavy atom. The minimum Gasteiger partial charge on any atom is -0.324 e. The maximum absolute atomic E-state index is 12.9. The number of carbonyl (C=O) groups is 1. The van der Waals surface area contributed by atoms with E-state index in [1.807, 2.05) is 11.3 Å². The van der Waals surface area contributed by atoms with Crippen molar-refractivity contribution < 1.29 is 4.79 Å². The van der Waals surface area contributed by atoms with Gasteiger partial charge in [0, 0.05) is 22.0 Å². The Hall–Kier alpha value is -1.95. The zero-order valence-corrected chi connectivity index (χ0v) is 17.3. The quantitative estimate of drug-likeness (QED) is 0.637. The van der Waals surface area contributed by atoms with Crippen LogP contribution in [0.25, 0.3) is 0 Å². The molecule has 1 aliphatic rings. The van der Waals surface area contributed by atoms with Crippen LogP contribution in [0.2, 0.25) is 0 Å². The highest BCUT2D eigenvalue weighted by Crippen LogP contribution is 2.39. The second kappa shape index (κ2) is 7.97. The Kier molecular flexibility index (Phi) is 5.43. The molecule has 0 radical (unpaired) electrons. The molecule has 0 fully saturated rings. The van der Waals surface area contributed by atoms with Crippen LogP contribution in [0.15, 0.2) is 47.2 Å². The summed E-state index contributed by atoms with van der Waals surface area (Å²) in [4.78, 5) is 18.0. The van der Waals surface area contributed by atoms with Crippen LogP contribution in [0, 0.1) is 6.92 Å². The zero-order valence-electron chi connectivity index (χ0n) is 15.7. The fourth-order valence-corrected chi connectivity index (χ4v) is 5.66. The van der Waals surface area contributed by atoms with E-state index in [1.165, 1.54) is 20.9 Å². The lowest BCUT2D eigenvalue weighted by molar-refractivity contribution is -0.117. The first-order valence-electron chi connectivity index (χ1n) is 9.39. The third-order valence-corrected chi connectivity index (χ3v) is 7.15. The molecule has 0 aliphatic carbocycles. The summed E-state index contributed by atoms with van der Waals surface area (Å²) in [6.45, 7) is 5.51. The fourth-order valence-electron chi connectivity index (χ4n) is 3.88. The topological polar surface area (TPSA) is 32.3 Å². The van der Waals surface area contributed by atoms with Crippen molar-refractivity contribution in [3.63, 3.8) is 0 Å². The number of para-hydroxylation sites is 1. The molecule has 4 rings (SSSR count). The first-order valence-corrected chi connectivity index (χ1v) is 11.2. The largest absolute Gasteiger partial charge is 0.324 e. The van der Waals surface area contributed by atoms with E-state index in [2.05, 4.69) is 71.2 Å². The van der Waals surface area contributed by atoms with Gasteiger partial charge in [-0.3, -0.25) is 9.69 Å². The van der Waals surface area contributed by atoms with Crippen molar-refractivity contribution in [3.05, 3.63) is 73.6 Å². The number of carbonyl (C=O) groups excluding carboxylic acids is 1. The Bertz CT molecular complexity index is 930. The highest BCUT2D eigenvalue weighted by Gasteiger charge is 2.31. The zero-order chi connectivity index (χ0) is 18.8. The van der Waals surface area contributed by atoms with Gasteiger partial charge in [-0.25, -0.2) is 0 Å². The molecule has 0 bridgehead atoms. The molecule has 1 aliphatic heterocycles. The summed E-state index contributed by atoms with van der Waals surface area (Å²) in [7, 11) is 0. The number of anilines is 1. The Labute approximate surface area is 168 Å². The van der Waals surface area contributed by atoms with Crippen LogP contribution in [-0.4, -0.2) is 23.9 Å². The van der Waals surface area contributed by atoms with Gasteiger partial charge in [0.05, 0.1) is 12.6 Å². The van der Waals surface area contributed by atoms with Crippen molar-refractivity contribution in [2.45, 2.75) is 32.7 Å². The van der Waals surface area contributed by atoms with E-state index in [0.29, 0.717) is 6.54 Å². The third-order valence-electron chi connectivity index (χ3n) is 5.23. The number of fused-ring (bicyclic) bond motifs is 1. The summed E-state index contributed by atoms with van der Waals surface area (Å²) in [5.41, 5.74) is 4.66. The maximum atomic E-state index is 12.9. The van der Waals surface area contributed by atoms with Crippen LogP contribution in [0.5, 0.6) is 0 Å². The van der Waals surface area contributed by atoms with Crippen molar-refractivity contribution in [3.8, 4) is 0 Å². The average molecular weight is 397 g/mol. The van der Waals surface area contributed by atoms with Crippen molar-refractivity contribution in [2.24, 2.45) is 0 Å². The molecular formula is C22H24N2OS2. The third kappa shape index (κ3) is 3.72. The molecule has 3 aromatic rings. The lowest BCUT2D eigenvalue weighted by Crippen LogP contribution is -2.40. The number of aryl methyl sites for hydroxylation is 2. The highest BCUT2D eigenvalue weighted by atomic mass is 32.1. The van der Waals surface area contributed by atoms with Gasteiger partial charge >= 0.3 is 0 Å². The molecule has 0 unspecified atom stereocenters. The number of hydrogen-bond acceptors (Lipinski definition) is 4. The second-order valence-electron chi connectivity index (χ2n) is 6.95. The molecule has 1 N–H and O–H groups in total. The number of nitrogens with zero attached hydrogens (tertiary/aromatic N) is 1. The van der Waals surface area contributed by atoms with Gasteiger partial charge in [0.15, 0.2) is 0 Å². The minimum atomic E-state index is 0.0687. The van der Waals surface area contributed by atoms with E-state index in [9.17, 15) is 4.79 Å². The molecule has 140 valence electrons. The van der Waals surface area contributed by atoms with E-state index in [-0.39, 0.29) is 11.9 Å². The maximum Gasteiger partial charge on any atom is 0.238 e. The van der Waals surface area contributed by atoms with Crippen molar-refractivity contribution >= 4 is 34.3 Å². The van der Waals surface area contributed by atoms with Crippen LogP contribution < -0.4 is 5.32 Å². The minimum absolute atomic E-state index is 0.0687. The summed E-state index contributed by atoms with van der Waals surface area (Å²) < 4.78 is 0. The van der Waals surface area contributed by atoms with E-state index < -0.39 is 0 Å². The van der Waals surface area contributed by atoms with Crippen LogP contribution in [0.4, 0.5) is 5.69 Å². The lowest BCUT2D eigenvalue weighted by Gasteiger charge is -2.35. The van der Waals surface area contributed by atoms with Crippen molar-refractivity contribution in [2.75, 3.05) is 18.4 Å². The predicted octanol–water partition coefficient (Wildman–Crippen LogP) is 5.27. The number of amides is 1. The normalized spacial score (nSPS) is 16.9. The van der Waals surface area contributed by atoms with E-state index in [1.54, 1.807) is 11.3 Å². The number of benzene rings is 1. The molecule has 3 heterocycles. The fraction of sp³-hybridized carbons (Fsp3) is 0.318. The Morgan fingerprint density at radius 3 is 2.85 bits per heavy atom. The van der Waals surface area contributed by atoms with Crippen LogP contribution >= 0.6 is 22.7 Å². The SMILES string of the molecule is CCc1cccc(C)c1NC(=O)CN1CCc2sccc2[C@H]1c1cccs1. The summed E-state index contributed by atoms with van der Waals surface area (Å²) in [5.74, 6) is 0.0687. The first kappa shape index (κ1) is 18.4. The van der Waals surface area contributed by atoms with E-state index in [4.69, 9.17) is 0 Å². The number of nitrogens with one attached hydrogen (secondary N) is 1. The standard InChI is InChI=1S/C22H24N2OS2/c1-3-16-7-4-6-15(2)21(16)23-20(25)14-24-11-9-18-17(10-13-27-18)22(24)19-8-5-12-26-19/h4-8,10,12-13,22H,3,9,11,14H2,1-2H3,(H,23,25)/t22-/m0/s1. The number of hydrogen-bond donors (Lipinski definition) is 1. The molecule has 2 aromatic heterocycles. The van der Waals surface area contributed by atoms with Gasteiger partial charge in [-0.15, -0.1) is 22.7 Å². The van der Waals surface area contributed by atoms with Gasteiger partial charge in [0.1, 0.15) is 0 Å². The average Bonchev–Trinajstić information content (AvgIpc) is 3.34. The van der Waals surface area contributed by atoms with Crippen molar-refractivity contribution in [1.82, 2.24) is 4.90 Å². The molecule has 27 heavy (non-hydrogen) atoms. The van der Waals surface area contributed by atoms with Gasteiger partial charge < -0.3 is 5.32 Å². The van der Waals surface area contributed by atoms with Gasteiger partial charge in [0.2, 0.25) is 5.91 Å². The van der Waals surface area contributed by atoms with Crippen LogP contribution in [-0.2, 0) is 17.6 Å². The lowest BCUT2D eigenvalue weighted by atomic mass is 9.98. The summed E-state index contributed by atoms with van der Waals surface area (Å²) >= 11 is 3.61. The number of thiophene rings is 2.